The summed E-state index contributed by atoms with van der Waals surface area (Å²) in [5.74, 6) is 1.65. The Labute approximate surface area is 84.4 Å². The van der Waals surface area contributed by atoms with E-state index in [-0.39, 0.29) is 0 Å². The second-order valence-corrected chi connectivity index (χ2v) is 4.88. The molecule has 0 aliphatic carbocycles. The quantitative estimate of drug-likeness (QED) is 0.535. The Morgan fingerprint density at radius 1 is 0.923 bits per heavy atom. The minimum absolute atomic E-state index is 0.798. The van der Waals surface area contributed by atoms with E-state index >= 15 is 0 Å². The molecule has 0 nitrogen and oxygen atoms in total. The lowest BCUT2D eigenvalue weighted by atomic mass is 9.93. The fourth-order valence-corrected chi connectivity index (χ4v) is 1.63. The van der Waals surface area contributed by atoms with Crippen LogP contribution in [-0.2, 0) is 0 Å². The highest BCUT2D eigenvalue weighted by Gasteiger charge is 2.04. The van der Waals surface area contributed by atoms with Crippen molar-refractivity contribution in [3.63, 3.8) is 0 Å². The van der Waals surface area contributed by atoms with Crippen LogP contribution in [0.15, 0.2) is 11.1 Å². The van der Waals surface area contributed by atoms with E-state index in [1.807, 2.05) is 0 Å². The van der Waals surface area contributed by atoms with E-state index in [1.54, 1.807) is 11.1 Å². The summed E-state index contributed by atoms with van der Waals surface area (Å²) in [6.45, 7) is 13.8. The van der Waals surface area contributed by atoms with Crippen molar-refractivity contribution >= 4 is 0 Å². The van der Waals surface area contributed by atoms with E-state index < -0.39 is 0 Å². The molecule has 0 radical (unpaired) electrons. The van der Waals surface area contributed by atoms with Gasteiger partial charge in [-0.25, -0.2) is 0 Å². The highest BCUT2D eigenvalue weighted by atomic mass is 14.1. The summed E-state index contributed by atoms with van der Waals surface area (Å²) in [5, 5.41) is 0. The van der Waals surface area contributed by atoms with Gasteiger partial charge in [-0.2, -0.15) is 0 Å². The average molecular weight is 182 g/mol. The molecule has 78 valence electrons. The number of hydrogen-bond donors (Lipinski definition) is 0. The zero-order valence-electron chi connectivity index (χ0n) is 10.3. The van der Waals surface area contributed by atoms with Crippen molar-refractivity contribution in [3.05, 3.63) is 11.1 Å². The Hall–Kier alpha value is -0.260. The van der Waals surface area contributed by atoms with Crippen molar-refractivity contribution in [3.8, 4) is 0 Å². The smallest absolute Gasteiger partial charge is 0.0295 e. The molecule has 0 fully saturated rings. The molecule has 0 heteroatoms. The minimum Gasteiger partial charge on any atom is -0.0741 e. The Bertz CT molecular complexity index is 163. The zero-order chi connectivity index (χ0) is 10.4. The summed E-state index contributed by atoms with van der Waals surface area (Å²) in [4.78, 5) is 0. The summed E-state index contributed by atoms with van der Waals surface area (Å²) < 4.78 is 0. The lowest BCUT2D eigenvalue weighted by Gasteiger charge is -2.13. The highest BCUT2D eigenvalue weighted by Crippen LogP contribution is 2.21. The summed E-state index contributed by atoms with van der Waals surface area (Å²) in [6.07, 6.45) is 3.85. The van der Waals surface area contributed by atoms with Crippen LogP contribution in [0.25, 0.3) is 0 Å². The summed E-state index contributed by atoms with van der Waals surface area (Å²) in [5.41, 5.74) is 3.22. The molecule has 0 spiro atoms. The number of allylic oxidation sites excluding steroid dienone is 2. The van der Waals surface area contributed by atoms with Gasteiger partial charge >= 0.3 is 0 Å². The minimum atomic E-state index is 0.798. The van der Waals surface area contributed by atoms with Crippen molar-refractivity contribution in [1.29, 1.82) is 0 Å². The molecule has 0 saturated carbocycles. The molecular formula is C13H26. The second-order valence-electron chi connectivity index (χ2n) is 4.88. The summed E-state index contributed by atoms with van der Waals surface area (Å²) in [7, 11) is 0. The van der Waals surface area contributed by atoms with Gasteiger partial charge in [0, 0.05) is 0 Å². The SMILES string of the molecule is CCC(C)C/C(C)=C(\C)CC(C)C. The van der Waals surface area contributed by atoms with E-state index in [0.29, 0.717) is 0 Å². The van der Waals surface area contributed by atoms with Crippen molar-refractivity contribution < 1.29 is 0 Å². The number of rotatable bonds is 5. The van der Waals surface area contributed by atoms with Gasteiger partial charge in [-0.15, -0.1) is 0 Å². The topological polar surface area (TPSA) is 0 Å². The van der Waals surface area contributed by atoms with Crippen molar-refractivity contribution in [1.82, 2.24) is 0 Å². The van der Waals surface area contributed by atoms with Crippen LogP contribution in [0.1, 0.15) is 60.8 Å². The maximum absolute atomic E-state index is 2.34. The van der Waals surface area contributed by atoms with Gasteiger partial charge in [-0.05, 0) is 38.5 Å². The van der Waals surface area contributed by atoms with Crippen LogP contribution in [0, 0.1) is 11.8 Å². The van der Waals surface area contributed by atoms with Crippen LogP contribution in [0.3, 0.4) is 0 Å². The predicted molar refractivity (Wildman–Crippen MR) is 61.9 cm³/mol. The fourth-order valence-electron chi connectivity index (χ4n) is 1.63. The second kappa shape index (κ2) is 6.23. The van der Waals surface area contributed by atoms with Gasteiger partial charge in [0.1, 0.15) is 0 Å². The third-order valence-corrected chi connectivity index (χ3v) is 2.79. The standard InChI is InChI=1S/C13H26/c1-7-11(4)9-13(6)12(5)8-10(2)3/h10-11H,7-9H2,1-6H3/b13-12+. The van der Waals surface area contributed by atoms with Crippen LogP contribution >= 0.6 is 0 Å². The van der Waals surface area contributed by atoms with Gasteiger partial charge in [0.25, 0.3) is 0 Å². The molecular weight excluding hydrogens is 156 g/mol. The Morgan fingerprint density at radius 3 is 1.77 bits per heavy atom. The summed E-state index contributed by atoms with van der Waals surface area (Å²) >= 11 is 0. The van der Waals surface area contributed by atoms with Gasteiger partial charge in [-0.3, -0.25) is 0 Å². The van der Waals surface area contributed by atoms with Crippen LogP contribution in [0.2, 0.25) is 0 Å². The summed E-state index contributed by atoms with van der Waals surface area (Å²) in [6, 6.07) is 0. The molecule has 0 aromatic heterocycles. The van der Waals surface area contributed by atoms with Crippen LogP contribution in [0.5, 0.6) is 0 Å². The molecule has 0 rings (SSSR count). The Balaban J connectivity index is 4.10. The van der Waals surface area contributed by atoms with Crippen LogP contribution in [-0.4, -0.2) is 0 Å². The molecule has 0 aromatic carbocycles. The van der Waals surface area contributed by atoms with Crippen molar-refractivity contribution in [2.24, 2.45) is 11.8 Å². The molecule has 0 aromatic rings. The van der Waals surface area contributed by atoms with E-state index in [1.165, 1.54) is 19.3 Å². The van der Waals surface area contributed by atoms with Gasteiger partial charge in [0.2, 0.25) is 0 Å². The van der Waals surface area contributed by atoms with E-state index in [0.717, 1.165) is 11.8 Å². The fraction of sp³-hybridized carbons (Fsp3) is 0.846. The maximum Gasteiger partial charge on any atom is -0.0295 e. The molecule has 1 atom stereocenters. The molecule has 13 heavy (non-hydrogen) atoms. The molecule has 1 unspecified atom stereocenters. The first kappa shape index (κ1) is 12.7. The van der Waals surface area contributed by atoms with Crippen LogP contribution < -0.4 is 0 Å². The van der Waals surface area contributed by atoms with Crippen molar-refractivity contribution in [2.75, 3.05) is 0 Å². The lowest BCUT2D eigenvalue weighted by Crippen LogP contribution is -1.97. The largest absolute Gasteiger partial charge is 0.0741 e. The van der Waals surface area contributed by atoms with Crippen molar-refractivity contribution in [2.45, 2.75) is 60.8 Å². The van der Waals surface area contributed by atoms with Gasteiger partial charge in [-0.1, -0.05) is 45.3 Å². The Kier molecular flexibility index (Phi) is 6.11. The predicted octanol–water partition coefficient (Wildman–Crippen LogP) is 4.81. The average Bonchev–Trinajstić information content (AvgIpc) is 2.02. The third kappa shape index (κ3) is 5.90. The van der Waals surface area contributed by atoms with Gasteiger partial charge < -0.3 is 0 Å². The lowest BCUT2D eigenvalue weighted by molar-refractivity contribution is 0.548. The molecule has 0 saturated heterocycles. The van der Waals surface area contributed by atoms with Crippen LogP contribution in [0.4, 0.5) is 0 Å². The Morgan fingerprint density at radius 2 is 1.38 bits per heavy atom. The molecule has 0 aliphatic heterocycles. The molecule has 0 bridgehead atoms. The van der Waals surface area contributed by atoms with E-state index in [9.17, 15) is 0 Å². The number of hydrogen-bond acceptors (Lipinski definition) is 0. The first-order valence-electron chi connectivity index (χ1n) is 5.62. The first-order chi connectivity index (χ1) is 5.97. The van der Waals surface area contributed by atoms with E-state index in [2.05, 4.69) is 41.5 Å². The maximum atomic E-state index is 2.34. The molecule has 0 heterocycles. The van der Waals surface area contributed by atoms with Gasteiger partial charge in [0.05, 0.1) is 0 Å². The zero-order valence-corrected chi connectivity index (χ0v) is 10.3. The monoisotopic (exact) mass is 182 g/mol. The van der Waals surface area contributed by atoms with Gasteiger partial charge in [0.15, 0.2) is 0 Å². The highest BCUT2D eigenvalue weighted by molar-refractivity contribution is 5.10. The molecule has 0 aliphatic rings. The first-order valence-corrected chi connectivity index (χ1v) is 5.62. The third-order valence-electron chi connectivity index (χ3n) is 2.79. The molecule has 0 N–H and O–H groups in total. The molecule has 0 amide bonds. The normalized spacial score (nSPS) is 15.9. The van der Waals surface area contributed by atoms with E-state index in [4.69, 9.17) is 0 Å².